The Kier molecular flexibility index (Phi) is 11.9. The third-order valence-corrected chi connectivity index (χ3v) is 11.9. The van der Waals surface area contributed by atoms with Crippen molar-refractivity contribution >= 4 is 63.3 Å². The molecule has 4 aromatic carbocycles. The molecule has 0 fully saturated rings. The number of nitrogens with one attached hydrogen (secondary N) is 3. The molecule has 3 amide bonds. The van der Waals surface area contributed by atoms with E-state index in [0.29, 0.717) is 38.2 Å². The van der Waals surface area contributed by atoms with Crippen LogP contribution in [0.25, 0.3) is 6.08 Å². The van der Waals surface area contributed by atoms with E-state index in [9.17, 15) is 29.8 Å². The van der Waals surface area contributed by atoms with Gasteiger partial charge in [-0.15, -0.1) is 23.1 Å². The Morgan fingerprint density at radius 1 is 0.945 bits per heavy atom. The van der Waals surface area contributed by atoms with Crippen LogP contribution in [0.4, 0.5) is 16.4 Å². The number of non-ortho nitro benzene ring substituents is 1. The molecule has 0 aliphatic heterocycles. The molecule has 55 heavy (non-hydrogen) atoms. The fourth-order valence-electron chi connectivity index (χ4n) is 6.39. The molecule has 0 saturated carbocycles. The van der Waals surface area contributed by atoms with Crippen LogP contribution in [0.15, 0.2) is 120 Å². The van der Waals surface area contributed by atoms with Crippen LogP contribution in [0.1, 0.15) is 69.9 Å². The number of carbonyl (C=O) groups excluding carboxylic acids is 3. The molecule has 6 rings (SSSR count). The van der Waals surface area contributed by atoms with Gasteiger partial charge in [0.15, 0.2) is 0 Å². The Morgan fingerprint density at radius 3 is 2.29 bits per heavy atom. The number of nitriles is 1. The van der Waals surface area contributed by atoms with Crippen LogP contribution in [-0.4, -0.2) is 22.6 Å². The molecule has 1 aliphatic carbocycles. The number of benzene rings is 4. The van der Waals surface area contributed by atoms with E-state index in [4.69, 9.17) is 0 Å². The van der Waals surface area contributed by atoms with Crippen molar-refractivity contribution in [2.45, 2.75) is 50.2 Å². The summed E-state index contributed by atoms with van der Waals surface area (Å²) in [5.41, 5.74) is 3.52. The van der Waals surface area contributed by atoms with Gasteiger partial charge in [0.05, 0.1) is 10.5 Å². The van der Waals surface area contributed by atoms with Crippen LogP contribution < -0.4 is 16.0 Å². The second-order valence-electron chi connectivity index (χ2n) is 14.2. The van der Waals surface area contributed by atoms with Crippen LogP contribution in [0.3, 0.4) is 0 Å². The monoisotopic (exact) mass is 769 g/mol. The summed E-state index contributed by atoms with van der Waals surface area (Å²) in [6.07, 6.45) is 4.13. The fraction of sp³-hybridized carbons (Fsp3) is 0.209. The van der Waals surface area contributed by atoms with Crippen LogP contribution in [0, 0.1) is 32.8 Å². The molecule has 5 aromatic rings. The SMILES string of the molecule is CC(C)(C)C1CCc2c(sc(NC(=O)C(Sc3cccc(NC(=O)/C(=C\c4ccc([N+](=O)[O-])cc4)NC(=O)c4ccccc4)c3)c3ccccc3)c2C#N)C1. The van der Waals surface area contributed by atoms with Gasteiger partial charge in [-0.3, -0.25) is 24.5 Å². The average molecular weight is 770 g/mol. The number of thioether (sulfide) groups is 1. The molecule has 1 heterocycles. The van der Waals surface area contributed by atoms with Gasteiger partial charge in [0.25, 0.3) is 17.5 Å². The van der Waals surface area contributed by atoms with Crippen molar-refractivity contribution < 1.29 is 19.3 Å². The van der Waals surface area contributed by atoms with Gasteiger partial charge in [0.1, 0.15) is 22.0 Å². The summed E-state index contributed by atoms with van der Waals surface area (Å²) >= 11 is 2.80. The van der Waals surface area contributed by atoms with Gasteiger partial charge in [0, 0.05) is 33.2 Å². The van der Waals surface area contributed by atoms with Crippen LogP contribution in [0.2, 0.25) is 0 Å². The predicted octanol–water partition coefficient (Wildman–Crippen LogP) is 9.56. The number of nitrogens with zero attached hydrogens (tertiary/aromatic N) is 2. The van der Waals surface area contributed by atoms with E-state index in [-0.39, 0.29) is 22.7 Å². The third-order valence-electron chi connectivity index (χ3n) is 9.47. The van der Waals surface area contributed by atoms with Gasteiger partial charge >= 0.3 is 0 Å². The molecular formula is C43H39N5O5S2. The van der Waals surface area contributed by atoms with E-state index in [0.717, 1.165) is 35.3 Å². The van der Waals surface area contributed by atoms with Crippen molar-refractivity contribution in [2.75, 3.05) is 10.6 Å². The number of hydrogen-bond donors (Lipinski definition) is 3. The van der Waals surface area contributed by atoms with Crippen molar-refractivity contribution in [1.29, 1.82) is 5.26 Å². The minimum atomic E-state index is -0.692. The summed E-state index contributed by atoms with van der Waals surface area (Å²) in [6.45, 7) is 6.73. The Balaban J connectivity index is 1.24. The highest BCUT2D eigenvalue weighted by Crippen LogP contribution is 2.45. The lowest BCUT2D eigenvalue weighted by Gasteiger charge is -2.33. The maximum Gasteiger partial charge on any atom is 0.272 e. The smallest absolute Gasteiger partial charge is 0.272 e. The normalized spacial score (nSPS) is 14.5. The van der Waals surface area contributed by atoms with Crippen molar-refractivity contribution in [3.05, 3.63) is 158 Å². The zero-order valence-electron chi connectivity index (χ0n) is 30.5. The molecule has 2 unspecified atom stereocenters. The molecule has 278 valence electrons. The average Bonchev–Trinajstić information content (AvgIpc) is 3.53. The van der Waals surface area contributed by atoms with Gasteiger partial charge in [-0.1, -0.05) is 75.4 Å². The summed E-state index contributed by atoms with van der Waals surface area (Å²) in [5.74, 6) is -0.917. The first-order valence-corrected chi connectivity index (χ1v) is 19.4. The van der Waals surface area contributed by atoms with Crippen molar-refractivity contribution in [2.24, 2.45) is 11.3 Å². The van der Waals surface area contributed by atoms with E-state index in [1.165, 1.54) is 53.4 Å². The first-order valence-electron chi connectivity index (χ1n) is 17.7. The number of amides is 3. The number of carbonyl (C=O) groups is 3. The van der Waals surface area contributed by atoms with E-state index >= 15 is 0 Å². The van der Waals surface area contributed by atoms with Gasteiger partial charge in [-0.25, -0.2) is 0 Å². The maximum atomic E-state index is 14.1. The molecule has 12 heteroatoms. The lowest BCUT2D eigenvalue weighted by atomic mass is 9.72. The standard InChI is InChI=1S/C43H39N5O5S2/c1-43(2,3)30-19-22-34-35(26-44)42(55-37(34)24-30)47-41(51)38(28-11-6-4-7-12-28)54-33-16-10-15-31(25-33)45-40(50)36(46-39(49)29-13-8-5-9-14-29)23-27-17-20-32(21-18-27)48(52)53/h4-18,20-21,23,25,30,38H,19,22,24H2,1-3H3,(H,45,50)(H,46,49)(H,47,51)/b36-23+. The number of anilines is 2. The largest absolute Gasteiger partial charge is 0.321 e. The number of thiophene rings is 1. The molecule has 0 spiro atoms. The molecule has 0 saturated heterocycles. The maximum absolute atomic E-state index is 14.1. The highest BCUT2D eigenvalue weighted by molar-refractivity contribution is 8.00. The number of hydrogen-bond acceptors (Lipinski definition) is 8. The number of rotatable bonds is 11. The summed E-state index contributed by atoms with van der Waals surface area (Å²) in [6, 6.07) is 32.8. The van der Waals surface area contributed by atoms with Crippen LogP contribution in [-0.2, 0) is 22.4 Å². The van der Waals surface area contributed by atoms with Crippen LogP contribution >= 0.6 is 23.1 Å². The summed E-state index contributed by atoms with van der Waals surface area (Å²) < 4.78 is 0. The second-order valence-corrected chi connectivity index (χ2v) is 16.5. The van der Waals surface area contributed by atoms with E-state index in [1.54, 1.807) is 48.5 Å². The van der Waals surface area contributed by atoms with Gasteiger partial charge in [-0.2, -0.15) is 5.26 Å². The predicted molar refractivity (Wildman–Crippen MR) is 218 cm³/mol. The summed E-state index contributed by atoms with van der Waals surface area (Å²) in [5, 5.41) is 29.9. The first-order chi connectivity index (χ1) is 26.4. The molecule has 10 nitrogen and oxygen atoms in total. The first kappa shape index (κ1) is 38.7. The molecule has 1 aliphatic rings. The summed E-state index contributed by atoms with van der Waals surface area (Å²) in [7, 11) is 0. The minimum Gasteiger partial charge on any atom is -0.321 e. The Labute approximate surface area is 327 Å². The fourth-order valence-corrected chi connectivity index (χ4v) is 8.76. The second kappa shape index (κ2) is 17.0. The van der Waals surface area contributed by atoms with Crippen molar-refractivity contribution in [1.82, 2.24) is 5.32 Å². The molecular weight excluding hydrogens is 731 g/mol. The third kappa shape index (κ3) is 9.56. The molecule has 3 N–H and O–H groups in total. The Morgan fingerprint density at radius 2 is 1.64 bits per heavy atom. The lowest BCUT2D eigenvalue weighted by Crippen LogP contribution is -2.30. The lowest BCUT2D eigenvalue weighted by molar-refractivity contribution is -0.384. The van der Waals surface area contributed by atoms with E-state index in [2.05, 4.69) is 42.8 Å². The van der Waals surface area contributed by atoms with Gasteiger partial charge < -0.3 is 16.0 Å². The van der Waals surface area contributed by atoms with E-state index < -0.39 is 22.0 Å². The van der Waals surface area contributed by atoms with Gasteiger partial charge in [0.2, 0.25) is 5.91 Å². The minimum absolute atomic E-state index is 0.0805. The topological polar surface area (TPSA) is 154 Å². The molecule has 2 atom stereocenters. The zero-order valence-corrected chi connectivity index (χ0v) is 32.1. The zero-order chi connectivity index (χ0) is 39.1. The molecule has 0 bridgehead atoms. The Bertz CT molecular complexity index is 2290. The van der Waals surface area contributed by atoms with Crippen molar-refractivity contribution in [3.8, 4) is 6.07 Å². The van der Waals surface area contributed by atoms with Crippen molar-refractivity contribution in [3.63, 3.8) is 0 Å². The number of nitro benzene ring substituents is 1. The van der Waals surface area contributed by atoms with Gasteiger partial charge in [-0.05, 0) is 95.8 Å². The Hall–Kier alpha value is -6.03. The molecule has 0 radical (unpaired) electrons. The molecule has 1 aromatic heterocycles. The van der Waals surface area contributed by atoms with Crippen LogP contribution in [0.5, 0.6) is 0 Å². The number of nitro groups is 1. The quantitative estimate of drug-likeness (QED) is 0.0523. The van der Waals surface area contributed by atoms with E-state index in [1.807, 2.05) is 36.4 Å². The number of fused-ring (bicyclic) bond motifs is 1. The highest BCUT2D eigenvalue weighted by atomic mass is 32.2. The highest BCUT2D eigenvalue weighted by Gasteiger charge is 2.33. The summed E-state index contributed by atoms with van der Waals surface area (Å²) in [4.78, 5) is 53.5.